The first-order valence-electron chi connectivity index (χ1n) is 8.36. The third-order valence-electron chi connectivity index (χ3n) is 4.98. The smallest absolute Gasteiger partial charge is 0.191 e. The maximum absolute atomic E-state index is 13.8. The molecule has 0 amide bonds. The van der Waals surface area contributed by atoms with Crippen molar-refractivity contribution in [1.82, 2.24) is 9.55 Å². The van der Waals surface area contributed by atoms with Gasteiger partial charge in [0.1, 0.15) is 24.0 Å². The third kappa shape index (κ3) is 2.64. The van der Waals surface area contributed by atoms with Crippen LogP contribution in [0.2, 0.25) is 0 Å². The number of benzene rings is 1. The molecule has 2 N–H and O–H groups in total. The predicted molar refractivity (Wildman–Crippen MR) is 90.9 cm³/mol. The minimum atomic E-state index is -1.28. The molecular weight excluding hydrogens is 342 g/mol. The highest BCUT2D eigenvalue weighted by Gasteiger charge is 2.44. The molecule has 5 nitrogen and oxygen atoms in total. The molecule has 0 spiro atoms. The van der Waals surface area contributed by atoms with Gasteiger partial charge in [-0.2, -0.15) is 0 Å². The van der Waals surface area contributed by atoms with Gasteiger partial charge in [0.05, 0.1) is 6.04 Å². The van der Waals surface area contributed by atoms with Gasteiger partial charge in [-0.1, -0.05) is 6.07 Å². The molecule has 2 heterocycles. The van der Waals surface area contributed by atoms with Crippen molar-refractivity contribution in [3.05, 3.63) is 59.9 Å². The number of hydrogen-bond donors (Lipinski definition) is 2. The van der Waals surface area contributed by atoms with Gasteiger partial charge >= 0.3 is 0 Å². The van der Waals surface area contributed by atoms with Crippen molar-refractivity contribution in [1.29, 1.82) is 0 Å². The summed E-state index contributed by atoms with van der Waals surface area (Å²) < 4.78 is 34.8. The molecule has 2 unspecified atom stereocenters. The number of pyridine rings is 1. The van der Waals surface area contributed by atoms with Crippen molar-refractivity contribution < 1.29 is 23.7 Å². The molecule has 1 aliphatic carbocycles. The number of rotatable bonds is 3. The van der Waals surface area contributed by atoms with E-state index >= 15 is 0 Å². The van der Waals surface area contributed by atoms with Crippen LogP contribution in [0.5, 0.6) is 5.75 Å². The van der Waals surface area contributed by atoms with Crippen LogP contribution in [0.1, 0.15) is 18.0 Å². The van der Waals surface area contributed by atoms with Gasteiger partial charge in [0, 0.05) is 24.2 Å². The lowest BCUT2D eigenvalue weighted by Gasteiger charge is -2.19. The number of fused-ring (bicyclic) bond motifs is 1. The second-order valence-electron chi connectivity index (χ2n) is 6.58. The number of aliphatic hydroxyl groups is 2. The quantitative estimate of drug-likeness (QED) is 0.754. The van der Waals surface area contributed by atoms with E-state index < -0.39 is 41.7 Å². The maximum atomic E-state index is 13.8. The number of aromatic nitrogens is 2. The largest absolute Gasteiger partial charge is 0.481 e. The zero-order chi connectivity index (χ0) is 18.4. The molecule has 1 fully saturated rings. The number of hydrogen-bond acceptors (Lipinski definition) is 4. The van der Waals surface area contributed by atoms with E-state index in [-0.39, 0.29) is 6.42 Å². The fraction of sp³-hybridized carbons (Fsp3) is 0.316. The van der Waals surface area contributed by atoms with E-state index in [0.717, 1.165) is 23.1 Å². The maximum Gasteiger partial charge on any atom is 0.191 e. The number of halogens is 2. The van der Waals surface area contributed by atoms with Crippen molar-refractivity contribution in [2.45, 2.75) is 37.7 Å². The van der Waals surface area contributed by atoms with Crippen molar-refractivity contribution in [2.75, 3.05) is 0 Å². The Kier molecular flexibility index (Phi) is 4.13. The van der Waals surface area contributed by atoms with E-state index in [1.54, 1.807) is 17.0 Å². The van der Waals surface area contributed by atoms with Crippen LogP contribution in [0, 0.1) is 18.6 Å². The zero-order valence-corrected chi connectivity index (χ0v) is 14.0. The summed E-state index contributed by atoms with van der Waals surface area (Å²) >= 11 is 0. The fourth-order valence-corrected chi connectivity index (χ4v) is 3.57. The standard InChI is InChI=1S/C19H18F2N2O3/c1-10-5-7-22-19-11(10)6-8-23(19)14-9-15(17(25)16(14)24)26-18-12(20)3-2-4-13(18)21/h2-8,14-17,24-25H,9H2,1H3/t14?,15?,16-,17+/m0/s1. The molecule has 26 heavy (non-hydrogen) atoms. The molecule has 0 radical (unpaired) electrons. The highest BCUT2D eigenvalue weighted by Crippen LogP contribution is 2.37. The summed E-state index contributed by atoms with van der Waals surface area (Å²) in [6.45, 7) is 1.96. The first-order chi connectivity index (χ1) is 12.5. The van der Waals surface area contributed by atoms with Crippen molar-refractivity contribution in [2.24, 2.45) is 0 Å². The Morgan fingerprint density at radius 2 is 1.85 bits per heavy atom. The summed E-state index contributed by atoms with van der Waals surface area (Å²) in [5.41, 5.74) is 1.72. The van der Waals surface area contributed by atoms with Gasteiger partial charge in [-0.25, -0.2) is 13.8 Å². The number of aliphatic hydroxyl groups excluding tert-OH is 2. The molecule has 1 aliphatic rings. The van der Waals surface area contributed by atoms with Crippen LogP contribution in [0.3, 0.4) is 0 Å². The number of nitrogens with zero attached hydrogens (tertiary/aromatic N) is 2. The second kappa shape index (κ2) is 6.34. The summed E-state index contributed by atoms with van der Waals surface area (Å²) in [5.74, 6) is -2.24. The molecule has 3 aromatic rings. The van der Waals surface area contributed by atoms with E-state index in [4.69, 9.17) is 4.74 Å². The van der Waals surface area contributed by atoms with Crippen LogP contribution in [0.4, 0.5) is 8.78 Å². The summed E-state index contributed by atoms with van der Waals surface area (Å²) in [6, 6.07) is 6.66. The lowest BCUT2D eigenvalue weighted by atomic mass is 10.2. The third-order valence-corrected chi connectivity index (χ3v) is 4.98. The van der Waals surface area contributed by atoms with Crippen molar-refractivity contribution in [3.8, 4) is 5.75 Å². The average molecular weight is 360 g/mol. The first-order valence-corrected chi connectivity index (χ1v) is 8.36. The van der Waals surface area contributed by atoms with E-state index in [1.165, 1.54) is 6.07 Å². The SMILES string of the molecule is Cc1ccnc2c1ccn2C1CC(Oc2c(F)cccc2F)[C@@H](O)[C@H]1O. The normalized spacial score (nSPS) is 25.7. The van der Waals surface area contributed by atoms with Crippen LogP contribution in [0.15, 0.2) is 42.7 Å². The Morgan fingerprint density at radius 1 is 1.12 bits per heavy atom. The van der Waals surface area contributed by atoms with Crippen LogP contribution in [-0.4, -0.2) is 38.1 Å². The van der Waals surface area contributed by atoms with Crippen molar-refractivity contribution in [3.63, 3.8) is 0 Å². The van der Waals surface area contributed by atoms with Crippen LogP contribution in [0.25, 0.3) is 11.0 Å². The topological polar surface area (TPSA) is 67.5 Å². The number of ether oxygens (including phenoxy) is 1. The molecule has 1 aromatic carbocycles. The van der Waals surface area contributed by atoms with Gasteiger partial charge in [0.2, 0.25) is 0 Å². The van der Waals surface area contributed by atoms with Gasteiger partial charge < -0.3 is 19.5 Å². The molecule has 136 valence electrons. The Balaban J connectivity index is 1.65. The van der Waals surface area contributed by atoms with Gasteiger partial charge in [0.15, 0.2) is 17.4 Å². The van der Waals surface area contributed by atoms with E-state index in [1.807, 2.05) is 19.1 Å². The minimum absolute atomic E-state index is 0.190. The van der Waals surface area contributed by atoms with Crippen LogP contribution in [-0.2, 0) is 0 Å². The highest BCUT2D eigenvalue weighted by atomic mass is 19.1. The lowest BCUT2D eigenvalue weighted by Crippen LogP contribution is -2.34. The minimum Gasteiger partial charge on any atom is -0.481 e. The summed E-state index contributed by atoms with van der Waals surface area (Å²) in [7, 11) is 0. The molecule has 0 aliphatic heterocycles. The molecule has 0 bridgehead atoms. The first kappa shape index (κ1) is 16.9. The Morgan fingerprint density at radius 3 is 2.58 bits per heavy atom. The highest BCUT2D eigenvalue weighted by molar-refractivity contribution is 5.79. The number of aryl methyl sites for hydroxylation is 1. The Bertz CT molecular complexity index is 939. The van der Waals surface area contributed by atoms with Gasteiger partial charge in [-0.3, -0.25) is 0 Å². The Hall–Kier alpha value is -2.51. The van der Waals surface area contributed by atoms with Crippen molar-refractivity contribution >= 4 is 11.0 Å². The summed E-state index contributed by atoms with van der Waals surface area (Å²) in [4.78, 5) is 4.35. The molecule has 4 rings (SSSR count). The molecule has 7 heteroatoms. The Labute approximate surface area is 148 Å². The predicted octanol–water partition coefficient (Wildman–Crippen LogP) is 2.74. The average Bonchev–Trinajstić information content (AvgIpc) is 3.15. The number of para-hydroxylation sites is 1. The van der Waals surface area contributed by atoms with Crippen LogP contribution >= 0.6 is 0 Å². The molecular formula is C19H18F2N2O3. The van der Waals surface area contributed by atoms with Gasteiger partial charge in [-0.15, -0.1) is 0 Å². The summed E-state index contributed by atoms with van der Waals surface area (Å²) in [6.07, 6.45) is 0.291. The zero-order valence-electron chi connectivity index (χ0n) is 14.0. The molecule has 0 saturated heterocycles. The van der Waals surface area contributed by atoms with E-state index in [2.05, 4.69) is 4.98 Å². The lowest BCUT2D eigenvalue weighted by molar-refractivity contribution is -0.0181. The molecule has 1 saturated carbocycles. The van der Waals surface area contributed by atoms with E-state index in [9.17, 15) is 19.0 Å². The van der Waals surface area contributed by atoms with Crippen LogP contribution < -0.4 is 4.74 Å². The second-order valence-corrected chi connectivity index (χ2v) is 6.58. The molecule has 4 atom stereocenters. The van der Waals surface area contributed by atoms with E-state index in [0.29, 0.717) is 5.65 Å². The summed E-state index contributed by atoms with van der Waals surface area (Å²) in [5, 5.41) is 21.8. The van der Waals surface area contributed by atoms with Gasteiger partial charge in [0.25, 0.3) is 0 Å². The fourth-order valence-electron chi connectivity index (χ4n) is 3.57. The monoisotopic (exact) mass is 360 g/mol. The van der Waals surface area contributed by atoms with Gasteiger partial charge in [-0.05, 0) is 36.8 Å². The molecule has 2 aromatic heterocycles.